The van der Waals surface area contributed by atoms with E-state index < -0.39 is 0 Å². The first-order valence-corrected chi connectivity index (χ1v) is 6.27. The molecule has 1 saturated carbocycles. The minimum absolute atomic E-state index is 0. The van der Waals surface area contributed by atoms with Gasteiger partial charge in [0, 0.05) is 18.1 Å². The Morgan fingerprint density at radius 1 is 1.47 bits per heavy atom. The van der Waals surface area contributed by atoms with Crippen LogP contribution in [-0.4, -0.2) is 23.9 Å². The highest BCUT2D eigenvalue weighted by molar-refractivity contribution is 14.0. The topological polar surface area (TPSA) is 41.6 Å². The van der Waals surface area contributed by atoms with Crippen LogP contribution in [0.4, 0.5) is 0 Å². The van der Waals surface area contributed by atoms with E-state index in [1.807, 2.05) is 24.1 Å². The van der Waals surface area contributed by atoms with E-state index in [0.29, 0.717) is 17.0 Å². The summed E-state index contributed by atoms with van der Waals surface area (Å²) in [6.45, 7) is 0. The summed E-state index contributed by atoms with van der Waals surface area (Å²) in [6.07, 6.45) is 7.87. The van der Waals surface area contributed by atoms with Gasteiger partial charge in [0.1, 0.15) is 6.04 Å². The Labute approximate surface area is 136 Å². The van der Waals surface area contributed by atoms with Crippen molar-refractivity contribution in [2.75, 3.05) is 7.05 Å². The van der Waals surface area contributed by atoms with Crippen LogP contribution in [0.2, 0.25) is 5.02 Å². The zero-order valence-electron chi connectivity index (χ0n) is 10.7. The number of nitrogens with two attached hydrogens (primary N) is 1. The lowest BCUT2D eigenvalue weighted by atomic mass is 10.1. The lowest BCUT2D eigenvalue weighted by Gasteiger charge is -2.18. The Morgan fingerprint density at radius 2 is 2.05 bits per heavy atom. The number of rotatable bonds is 3. The molecule has 0 spiro atoms. The van der Waals surface area contributed by atoms with Crippen LogP contribution in [0.15, 0.2) is 29.3 Å². The zero-order valence-corrected chi connectivity index (χ0v) is 13.8. The van der Waals surface area contributed by atoms with Crippen molar-refractivity contribution in [1.82, 2.24) is 4.90 Å². The van der Waals surface area contributed by atoms with Crippen molar-refractivity contribution in [3.05, 3.63) is 34.9 Å². The van der Waals surface area contributed by atoms with Crippen molar-refractivity contribution in [3.63, 3.8) is 0 Å². The maximum atomic E-state index is 5.96. The number of hydrogen-bond donors (Lipinski definition) is 1. The number of terminal acetylenes is 1. The third-order valence-electron chi connectivity index (χ3n) is 3.06. The monoisotopic (exact) mass is 389 g/mol. The van der Waals surface area contributed by atoms with E-state index in [0.717, 1.165) is 5.56 Å². The van der Waals surface area contributed by atoms with Gasteiger partial charge in [-0.05, 0) is 30.5 Å². The smallest absolute Gasteiger partial charge is 0.192 e. The third kappa shape index (κ3) is 4.29. The average molecular weight is 390 g/mol. The Bertz CT molecular complexity index is 488. The van der Waals surface area contributed by atoms with Gasteiger partial charge in [0.2, 0.25) is 0 Å². The maximum Gasteiger partial charge on any atom is 0.192 e. The molecule has 1 unspecified atom stereocenters. The summed E-state index contributed by atoms with van der Waals surface area (Å²) < 4.78 is 0. The fourth-order valence-electron chi connectivity index (χ4n) is 1.73. The lowest BCUT2D eigenvalue weighted by molar-refractivity contribution is 0.486. The van der Waals surface area contributed by atoms with Crippen molar-refractivity contribution < 1.29 is 0 Å². The molecule has 1 aliphatic carbocycles. The Kier molecular flexibility index (Phi) is 5.95. The van der Waals surface area contributed by atoms with Crippen molar-refractivity contribution in [2.45, 2.75) is 24.9 Å². The number of guanidine groups is 1. The predicted molar refractivity (Wildman–Crippen MR) is 90.8 cm³/mol. The van der Waals surface area contributed by atoms with Crippen molar-refractivity contribution in [3.8, 4) is 12.3 Å². The van der Waals surface area contributed by atoms with Gasteiger partial charge in [-0.15, -0.1) is 30.4 Å². The highest BCUT2D eigenvalue weighted by atomic mass is 127. The van der Waals surface area contributed by atoms with Crippen LogP contribution in [0, 0.1) is 12.3 Å². The molecule has 3 nitrogen and oxygen atoms in total. The summed E-state index contributed by atoms with van der Waals surface area (Å²) in [5.41, 5.74) is 6.88. The predicted octanol–water partition coefficient (Wildman–Crippen LogP) is 3.04. The van der Waals surface area contributed by atoms with Gasteiger partial charge in [0.25, 0.3) is 0 Å². The highest BCUT2D eigenvalue weighted by Gasteiger charge is 2.27. The van der Waals surface area contributed by atoms with Gasteiger partial charge in [-0.1, -0.05) is 29.7 Å². The molecule has 1 aliphatic rings. The maximum absolute atomic E-state index is 5.96. The van der Waals surface area contributed by atoms with Gasteiger partial charge < -0.3 is 10.6 Å². The van der Waals surface area contributed by atoms with Gasteiger partial charge in [-0.3, -0.25) is 0 Å². The molecule has 0 aromatic heterocycles. The molecule has 0 heterocycles. The molecule has 1 aromatic rings. The van der Waals surface area contributed by atoms with Gasteiger partial charge in [-0.2, -0.15) is 0 Å². The minimum Gasteiger partial charge on any atom is -0.370 e. The second-order valence-corrected chi connectivity index (χ2v) is 4.89. The summed E-state index contributed by atoms with van der Waals surface area (Å²) >= 11 is 5.85. The van der Waals surface area contributed by atoms with E-state index in [2.05, 4.69) is 10.9 Å². The molecule has 1 fully saturated rings. The molecule has 19 heavy (non-hydrogen) atoms. The molecule has 5 heteroatoms. The molecule has 2 N–H and O–H groups in total. The Morgan fingerprint density at radius 3 is 2.53 bits per heavy atom. The van der Waals surface area contributed by atoms with E-state index in [1.54, 1.807) is 12.1 Å². The van der Waals surface area contributed by atoms with Crippen LogP contribution >= 0.6 is 35.6 Å². The SMILES string of the molecule is C#CC(N=C(N)N(C)C1CC1)c1ccc(Cl)cc1.I. The Balaban J connectivity index is 0.00000180. The molecule has 0 aliphatic heterocycles. The molecule has 0 radical (unpaired) electrons. The van der Waals surface area contributed by atoms with Crippen LogP contribution in [0.3, 0.4) is 0 Å². The van der Waals surface area contributed by atoms with E-state index in [9.17, 15) is 0 Å². The summed E-state index contributed by atoms with van der Waals surface area (Å²) in [4.78, 5) is 6.38. The zero-order chi connectivity index (χ0) is 13.1. The van der Waals surface area contributed by atoms with Gasteiger partial charge >= 0.3 is 0 Å². The third-order valence-corrected chi connectivity index (χ3v) is 3.31. The van der Waals surface area contributed by atoms with Gasteiger partial charge in [-0.25, -0.2) is 4.99 Å². The molecule has 0 bridgehead atoms. The average Bonchev–Trinajstić information content (AvgIpc) is 3.20. The molecular formula is C14H17ClIN3. The van der Waals surface area contributed by atoms with Crippen molar-refractivity contribution in [1.29, 1.82) is 0 Å². The number of hydrogen-bond acceptors (Lipinski definition) is 1. The van der Waals surface area contributed by atoms with Crippen LogP contribution in [0.25, 0.3) is 0 Å². The first-order valence-electron chi connectivity index (χ1n) is 5.89. The number of halogens is 2. The first-order chi connectivity index (χ1) is 8.61. The van der Waals surface area contributed by atoms with Crippen LogP contribution in [0.1, 0.15) is 24.4 Å². The Hall–Kier alpha value is -0.930. The summed E-state index contributed by atoms with van der Waals surface area (Å²) in [6, 6.07) is 7.53. The fourth-order valence-corrected chi connectivity index (χ4v) is 1.85. The molecular weight excluding hydrogens is 373 g/mol. The van der Waals surface area contributed by atoms with Crippen molar-refractivity contribution >= 4 is 41.5 Å². The van der Waals surface area contributed by atoms with E-state index in [1.165, 1.54) is 12.8 Å². The summed E-state index contributed by atoms with van der Waals surface area (Å²) in [7, 11) is 1.95. The van der Waals surface area contributed by atoms with Crippen LogP contribution in [0.5, 0.6) is 0 Å². The summed E-state index contributed by atoms with van der Waals surface area (Å²) in [5.74, 6) is 3.14. The lowest BCUT2D eigenvalue weighted by Crippen LogP contribution is -2.36. The van der Waals surface area contributed by atoms with Gasteiger partial charge in [0.15, 0.2) is 5.96 Å². The van der Waals surface area contributed by atoms with Crippen molar-refractivity contribution in [2.24, 2.45) is 10.7 Å². The van der Waals surface area contributed by atoms with E-state index >= 15 is 0 Å². The second-order valence-electron chi connectivity index (χ2n) is 4.45. The second kappa shape index (κ2) is 7.01. The largest absolute Gasteiger partial charge is 0.370 e. The van der Waals surface area contributed by atoms with E-state index in [-0.39, 0.29) is 30.0 Å². The normalized spacial score (nSPS) is 16.2. The molecule has 1 aromatic carbocycles. The number of nitrogens with zero attached hydrogens (tertiary/aromatic N) is 2. The quantitative estimate of drug-likeness (QED) is 0.374. The summed E-state index contributed by atoms with van der Waals surface area (Å²) in [5, 5.41) is 0.682. The first kappa shape index (κ1) is 16.1. The molecule has 2 rings (SSSR count). The fraction of sp³-hybridized carbons (Fsp3) is 0.357. The van der Waals surface area contributed by atoms with Crippen LogP contribution < -0.4 is 5.73 Å². The van der Waals surface area contributed by atoms with E-state index in [4.69, 9.17) is 23.8 Å². The molecule has 102 valence electrons. The van der Waals surface area contributed by atoms with Crippen LogP contribution in [-0.2, 0) is 0 Å². The highest BCUT2D eigenvalue weighted by Crippen LogP contribution is 2.26. The molecule has 0 saturated heterocycles. The number of aliphatic imine (C=N–C) groups is 1. The molecule has 0 amide bonds. The standard InChI is InChI=1S/C14H16ClN3.HI/c1-3-13(10-4-6-11(15)7-5-10)17-14(16)18(2)12-8-9-12;/h1,4-7,12-13H,8-9H2,2H3,(H2,16,17);1H. The molecule has 1 atom stereocenters. The minimum atomic E-state index is -0.358. The number of benzene rings is 1. The van der Waals surface area contributed by atoms with Gasteiger partial charge in [0.05, 0.1) is 0 Å².